The summed E-state index contributed by atoms with van der Waals surface area (Å²) in [6.07, 6.45) is 0.565. The lowest BCUT2D eigenvalue weighted by atomic mass is 10.2. The smallest absolute Gasteiger partial charge is 0.404 e. The molecule has 0 saturated carbocycles. The van der Waals surface area contributed by atoms with Crippen LogP contribution in [0.3, 0.4) is 0 Å². The maximum absolute atomic E-state index is 9.26. The normalized spacial score (nSPS) is 9.13. The van der Waals surface area contributed by atoms with Gasteiger partial charge in [-0.2, -0.15) is 0 Å². The lowest BCUT2D eigenvalue weighted by Crippen LogP contribution is -2.13. The highest BCUT2D eigenvalue weighted by Gasteiger charge is 1.99. The Kier molecular flexibility index (Phi) is 3.56. The molecule has 0 aliphatic heterocycles. The van der Waals surface area contributed by atoms with E-state index in [1.165, 1.54) is 7.05 Å². The zero-order valence-electron chi connectivity index (χ0n) is 8.10. The Hall–Kier alpha value is -2.17. The molecule has 0 spiro atoms. The van der Waals surface area contributed by atoms with E-state index in [0.29, 0.717) is 5.58 Å². The predicted molar refractivity (Wildman–Crippen MR) is 55.0 cm³/mol. The number of carboxylic acid groups (broad SMARTS) is 1. The molecule has 0 atom stereocenters. The minimum atomic E-state index is -0.995. The van der Waals surface area contributed by atoms with Gasteiger partial charge in [-0.1, -0.05) is 12.1 Å². The SMILES string of the molecule is CNC(=O)O.Oc1cccc2ccoc12. The second kappa shape index (κ2) is 4.90. The summed E-state index contributed by atoms with van der Waals surface area (Å²) in [4.78, 5) is 9.26. The first kappa shape index (κ1) is 10.9. The number of carbonyl (C=O) groups is 1. The van der Waals surface area contributed by atoms with E-state index < -0.39 is 6.09 Å². The molecule has 0 fully saturated rings. The Bertz CT molecular complexity index is 449. The first-order valence-electron chi connectivity index (χ1n) is 4.21. The highest BCUT2D eigenvalue weighted by atomic mass is 16.4. The Balaban J connectivity index is 0.000000195. The monoisotopic (exact) mass is 209 g/mol. The number of furan rings is 1. The summed E-state index contributed by atoms with van der Waals surface area (Å²) in [5.41, 5.74) is 0.558. The number of amides is 1. The van der Waals surface area contributed by atoms with Crippen LogP contribution in [0.15, 0.2) is 34.9 Å². The summed E-state index contributed by atoms with van der Waals surface area (Å²) in [6.45, 7) is 0. The number of phenolic OH excluding ortho intramolecular Hbond substituents is 1. The van der Waals surface area contributed by atoms with Gasteiger partial charge in [0.15, 0.2) is 11.3 Å². The van der Waals surface area contributed by atoms with Gasteiger partial charge < -0.3 is 19.9 Å². The predicted octanol–water partition coefficient (Wildman–Crippen LogP) is 2.02. The average Bonchev–Trinajstić information content (AvgIpc) is 2.68. The molecule has 0 saturated heterocycles. The van der Waals surface area contributed by atoms with Crippen molar-refractivity contribution in [3.05, 3.63) is 30.5 Å². The molecule has 80 valence electrons. The van der Waals surface area contributed by atoms with Gasteiger partial charge >= 0.3 is 6.09 Å². The summed E-state index contributed by atoms with van der Waals surface area (Å²) in [5.74, 6) is 0.197. The molecule has 0 aliphatic carbocycles. The second-order valence-corrected chi connectivity index (χ2v) is 2.67. The van der Waals surface area contributed by atoms with Gasteiger partial charge in [-0.15, -0.1) is 0 Å². The van der Waals surface area contributed by atoms with Gasteiger partial charge in [-0.3, -0.25) is 0 Å². The number of hydrogen-bond donors (Lipinski definition) is 3. The first-order chi connectivity index (χ1) is 7.15. The number of nitrogens with one attached hydrogen (secondary N) is 1. The molecule has 3 N–H and O–H groups in total. The van der Waals surface area contributed by atoms with E-state index in [4.69, 9.17) is 14.6 Å². The third kappa shape index (κ3) is 2.91. The fraction of sp³-hybridized carbons (Fsp3) is 0.100. The minimum absolute atomic E-state index is 0.197. The summed E-state index contributed by atoms with van der Waals surface area (Å²) in [7, 11) is 1.35. The zero-order chi connectivity index (χ0) is 11.3. The van der Waals surface area contributed by atoms with E-state index in [9.17, 15) is 4.79 Å². The molecule has 2 rings (SSSR count). The second-order valence-electron chi connectivity index (χ2n) is 2.67. The van der Waals surface area contributed by atoms with Crippen molar-refractivity contribution in [3.8, 4) is 5.75 Å². The van der Waals surface area contributed by atoms with Crippen LogP contribution in [0.25, 0.3) is 11.0 Å². The molecule has 1 aromatic carbocycles. The molecule has 15 heavy (non-hydrogen) atoms. The van der Waals surface area contributed by atoms with Gasteiger partial charge in [0.2, 0.25) is 0 Å². The third-order valence-corrected chi connectivity index (χ3v) is 1.67. The van der Waals surface area contributed by atoms with Crippen LogP contribution < -0.4 is 5.32 Å². The molecule has 0 aliphatic rings. The summed E-state index contributed by atoms with van der Waals surface area (Å²) in [5, 5.41) is 19.7. The van der Waals surface area contributed by atoms with E-state index >= 15 is 0 Å². The molecule has 2 aromatic rings. The van der Waals surface area contributed by atoms with Gasteiger partial charge in [-0.25, -0.2) is 4.79 Å². The van der Waals surface area contributed by atoms with E-state index in [1.54, 1.807) is 18.4 Å². The Morgan fingerprint density at radius 1 is 1.40 bits per heavy atom. The van der Waals surface area contributed by atoms with Gasteiger partial charge in [0.25, 0.3) is 0 Å². The molecule has 0 unspecified atom stereocenters. The number of rotatable bonds is 0. The topological polar surface area (TPSA) is 82.7 Å². The van der Waals surface area contributed by atoms with Crippen molar-refractivity contribution < 1.29 is 19.4 Å². The molecule has 1 aromatic heterocycles. The van der Waals surface area contributed by atoms with Crippen LogP contribution in [0.4, 0.5) is 4.79 Å². The van der Waals surface area contributed by atoms with Crippen LogP contribution in [0, 0.1) is 0 Å². The average molecular weight is 209 g/mol. The van der Waals surface area contributed by atoms with Crippen molar-refractivity contribution in [3.63, 3.8) is 0 Å². The molecule has 1 heterocycles. The molecule has 0 radical (unpaired) electrons. The third-order valence-electron chi connectivity index (χ3n) is 1.67. The maximum Gasteiger partial charge on any atom is 0.404 e. The number of fused-ring (bicyclic) bond motifs is 1. The maximum atomic E-state index is 9.26. The summed E-state index contributed by atoms with van der Waals surface area (Å²) < 4.78 is 5.00. The zero-order valence-corrected chi connectivity index (χ0v) is 8.10. The molecular weight excluding hydrogens is 198 g/mol. The van der Waals surface area contributed by atoms with Gasteiger partial charge in [0, 0.05) is 12.4 Å². The van der Waals surface area contributed by atoms with Gasteiger partial charge in [-0.05, 0) is 12.1 Å². The highest BCUT2D eigenvalue weighted by Crippen LogP contribution is 2.24. The van der Waals surface area contributed by atoms with E-state index in [0.717, 1.165) is 5.39 Å². The number of benzene rings is 1. The quantitative estimate of drug-likeness (QED) is 0.619. The standard InChI is InChI=1S/C8H6O2.C2H5NO2/c9-7-3-1-2-6-4-5-10-8(6)7;1-3-2(4)5/h1-5,9H;3H,1H3,(H,4,5). The number of phenols is 1. The van der Waals surface area contributed by atoms with Crippen LogP contribution in [0.2, 0.25) is 0 Å². The Morgan fingerprint density at radius 2 is 2.07 bits per heavy atom. The van der Waals surface area contributed by atoms with Crippen LogP contribution in [-0.2, 0) is 0 Å². The minimum Gasteiger partial charge on any atom is -0.504 e. The lowest BCUT2D eigenvalue weighted by Gasteiger charge is -1.89. The molecular formula is C10H11NO4. The number of hydrogen-bond acceptors (Lipinski definition) is 3. The molecule has 0 bridgehead atoms. The molecule has 5 heteroatoms. The fourth-order valence-electron chi connectivity index (χ4n) is 0.977. The van der Waals surface area contributed by atoms with Crippen molar-refractivity contribution in [1.82, 2.24) is 5.32 Å². The fourth-order valence-corrected chi connectivity index (χ4v) is 0.977. The van der Waals surface area contributed by atoms with Gasteiger partial charge in [0.05, 0.1) is 6.26 Å². The Labute approximate surface area is 85.9 Å². The Morgan fingerprint density at radius 3 is 2.60 bits per heavy atom. The number of aromatic hydroxyl groups is 1. The number of para-hydroxylation sites is 1. The summed E-state index contributed by atoms with van der Waals surface area (Å²) >= 11 is 0. The first-order valence-corrected chi connectivity index (χ1v) is 4.21. The molecule has 1 amide bonds. The highest BCUT2D eigenvalue weighted by molar-refractivity contribution is 5.82. The van der Waals surface area contributed by atoms with Crippen molar-refractivity contribution in [1.29, 1.82) is 0 Å². The van der Waals surface area contributed by atoms with Crippen molar-refractivity contribution in [2.24, 2.45) is 0 Å². The van der Waals surface area contributed by atoms with Crippen LogP contribution in [-0.4, -0.2) is 23.4 Å². The van der Waals surface area contributed by atoms with E-state index in [-0.39, 0.29) is 5.75 Å². The van der Waals surface area contributed by atoms with Crippen molar-refractivity contribution >= 4 is 17.1 Å². The van der Waals surface area contributed by atoms with E-state index in [2.05, 4.69) is 0 Å². The van der Waals surface area contributed by atoms with Gasteiger partial charge in [0.1, 0.15) is 0 Å². The lowest BCUT2D eigenvalue weighted by molar-refractivity contribution is 0.197. The van der Waals surface area contributed by atoms with Crippen LogP contribution in [0.1, 0.15) is 0 Å². The van der Waals surface area contributed by atoms with Crippen LogP contribution in [0.5, 0.6) is 5.75 Å². The summed E-state index contributed by atoms with van der Waals surface area (Å²) in [6, 6.07) is 7.09. The molecule has 5 nitrogen and oxygen atoms in total. The largest absolute Gasteiger partial charge is 0.504 e. The van der Waals surface area contributed by atoms with Crippen molar-refractivity contribution in [2.45, 2.75) is 0 Å². The van der Waals surface area contributed by atoms with Crippen LogP contribution >= 0.6 is 0 Å². The van der Waals surface area contributed by atoms with E-state index in [1.807, 2.05) is 17.4 Å². The van der Waals surface area contributed by atoms with Crippen molar-refractivity contribution in [2.75, 3.05) is 7.05 Å².